The molecule has 0 saturated carbocycles. The van der Waals surface area contributed by atoms with Crippen LogP contribution >= 0.6 is 0 Å². The predicted octanol–water partition coefficient (Wildman–Crippen LogP) is 0.300. The number of amides is 2. The van der Waals surface area contributed by atoms with E-state index in [9.17, 15) is 9.59 Å². The van der Waals surface area contributed by atoms with E-state index < -0.39 is 5.91 Å². The van der Waals surface area contributed by atoms with Gasteiger partial charge < -0.3 is 14.4 Å². The van der Waals surface area contributed by atoms with Crippen molar-refractivity contribution in [2.24, 2.45) is 5.84 Å². The third kappa shape index (κ3) is 3.63. The summed E-state index contributed by atoms with van der Waals surface area (Å²) in [4.78, 5) is 25.1. The highest BCUT2D eigenvalue weighted by atomic mass is 16.5. The molecule has 1 aliphatic heterocycles. The molecule has 2 amide bonds. The fourth-order valence-electron chi connectivity index (χ4n) is 2.21. The van der Waals surface area contributed by atoms with Crippen LogP contribution < -0.4 is 20.7 Å². The Morgan fingerprint density at radius 1 is 1.29 bits per heavy atom. The van der Waals surface area contributed by atoms with Crippen molar-refractivity contribution in [1.29, 1.82) is 0 Å². The van der Waals surface area contributed by atoms with Crippen LogP contribution in [0.3, 0.4) is 0 Å². The quantitative estimate of drug-likeness (QED) is 0.462. The summed E-state index contributed by atoms with van der Waals surface area (Å²) in [6.45, 7) is 1.53. The van der Waals surface area contributed by atoms with Crippen molar-refractivity contribution in [2.45, 2.75) is 12.8 Å². The number of benzene rings is 1. The summed E-state index contributed by atoms with van der Waals surface area (Å²) in [6, 6.07) is 4.65. The van der Waals surface area contributed by atoms with Gasteiger partial charge in [0.2, 0.25) is 0 Å². The summed E-state index contributed by atoms with van der Waals surface area (Å²) in [5.41, 5.74) is 2.40. The van der Waals surface area contributed by atoms with E-state index in [2.05, 4.69) is 0 Å². The van der Waals surface area contributed by atoms with Gasteiger partial charge >= 0.3 is 0 Å². The largest absolute Gasteiger partial charge is 0.493 e. The first-order valence-electron chi connectivity index (χ1n) is 6.75. The topological polar surface area (TPSA) is 93.9 Å². The molecule has 0 radical (unpaired) electrons. The molecule has 0 bridgehead atoms. The monoisotopic (exact) mass is 293 g/mol. The molecular weight excluding hydrogens is 274 g/mol. The van der Waals surface area contributed by atoms with Gasteiger partial charge in [0.05, 0.1) is 7.11 Å². The van der Waals surface area contributed by atoms with Crippen LogP contribution in [0.5, 0.6) is 11.5 Å². The van der Waals surface area contributed by atoms with E-state index in [-0.39, 0.29) is 12.5 Å². The number of rotatable bonds is 5. The molecule has 1 saturated heterocycles. The number of nitrogens with one attached hydrogen (secondary N) is 1. The Balaban J connectivity index is 2.02. The lowest BCUT2D eigenvalue weighted by Gasteiger charge is -2.16. The van der Waals surface area contributed by atoms with Gasteiger partial charge in [-0.2, -0.15) is 0 Å². The van der Waals surface area contributed by atoms with Crippen molar-refractivity contribution < 1.29 is 19.1 Å². The molecule has 1 aromatic rings. The molecule has 1 aromatic carbocycles. The molecule has 0 atom stereocenters. The van der Waals surface area contributed by atoms with Gasteiger partial charge in [-0.1, -0.05) is 0 Å². The molecule has 0 aromatic heterocycles. The Kier molecular flexibility index (Phi) is 4.99. The summed E-state index contributed by atoms with van der Waals surface area (Å²) >= 11 is 0. The molecule has 0 spiro atoms. The van der Waals surface area contributed by atoms with E-state index in [1.165, 1.54) is 13.2 Å². The summed E-state index contributed by atoms with van der Waals surface area (Å²) in [5.74, 6) is 5.41. The lowest BCUT2D eigenvalue weighted by atomic mass is 10.2. The fourth-order valence-corrected chi connectivity index (χ4v) is 2.21. The van der Waals surface area contributed by atoms with Crippen LogP contribution in [-0.2, 0) is 4.79 Å². The molecule has 0 aliphatic carbocycles. The number of nitrogens with zero attached hydrogens (tertiary/aromatic N) is 1. The summed E-state index contributed by atoms with van der Waals surface area (Å²) in [7, 11) is 1.47. The lowest BCUT2D eigenvalue weighted by molar-refractivity contribution is -0.132. The Morgan fingerprint density at radius 3 is 2.62 bits per heavy atom. The smallest absolute Gasteiger partial charge is 0.265 e. The number of hydrogen-bond donors (Lipinski definition) is 2. The van der Waals surface area contributed by atoms with Crippen LogP contribution in [0, 0.1) is 0 Å². The van der Waals surface area contributed by atoms with Crippen LogP contribution in [0.15, 0.2) is 18.2 Å². The maximum atomic E-state index is 11.9. The first-order valence-corrected chi connectivity index (χ1v) is 6.75. The van der Waals surface area contributed by atoms with Gasteiger partial charge in [-0.05, 0) is 31.0 Å². The molecule has 114 valence electrons. The number of hydrazine groups is 1. The molecule has 2 rings (SSSR count). The lowest BCUT2D eigenvalue weighted by Crippen LogP contribution is -2.32. The summed E-state index contributed by atoms with van der Waals surface area (Å²) in [6.07, 6.45) is 2.08. The number of carbonyl (C=O) groups is 2. The van der Waals surface area contributed by atoms with Gasteiger partial charge in [-0.25, -0.2) is 5.84 Å². The normalized spacial score (nSPS) is 13.9. The molecular formula is C14H19N3O4. The van der Waals surface area contributed by atoms with Gasteiger partial charge in [0.25, 0.3) is 11.8 Å². The average molecular weight is 293 g/mol. The minimum absolute atomic E-state index is 0.0429. The Morgan fingerprint density at radius 2 is 2.00 bits per heavy atom. The second-order valence-electron chi connectivity index (χ2n) is 4.72. The van der Waals surface area contributed by atoms with Crippen LogP contribution in [0.2, 0.25) is 0 Å². The van der Waals surface area contributed by atoms with E-state index >= 15 is 0 Å². The summed E-state index contributed by atoms with van der Waals surface area (Å²) in [5, 5.41) is 0. The van der Waals surface area contributed by atoms with E-state index in [4.69, 9.17) is 15.3 Å². The molecule has 1 aliphatic rings. The predicted molar refractivity (Wildman–Crippen MR) is 76.0 cm³/mol. The van der Waals surface area contributed by atoms with E-state index in [0.717, 1.165) is 25.9 Å². The number of ether oxygens (including phenoxy) is 2. The van der Waals surface area contributed by atoms with Crippen LogP contribution in [0.1, 0.15) is 23.2 Å². The van der Waals surface area contributed by atoms with Crippen molar-refractivity contribution in [2.75, 3.05) is 26.8 Å². The van der Waals surface area contributed by atoms with Crippen LogP contribution in [0.4, 0.5) is 0 Å². The fraction of sp³-hybridized carbons (Fsp3) is 0.429. The zero-order valence-corrected chi connectivity index (χ0v) is 11.9. The van der Waals surface area contributed by atoms with Gasteiger partial charge in [-0.3, -0.25) is 15.0 Å². The van der Waals surface area contributed by atoms with Crippen molar-refractivity contribution in [1.82, 2.24) is 10.3 Å². The molecule has 3 N–H and O–H groups in total. The standard InChI is InChI=1S/C14H19N3O4/c1-20-12-8-10(14(19)16-15)4-5-11(12)21-9-13(18)17-6-2-3-7-17/h4-5,8H,2-3,6-7,9,15H2,1H3,(H,16,19). The Hall–Kier alpha value is -2.28. The highest BCUT2D eigenvalue weighted by Gasteiger charge is 2.19. The second-order valence-corrected chi connectivity index (χ2v) is 4.72. The zero-order chi connectivity index (χ0) is 15.2. The van der Waals surface area contributed by atoms with Gasteiger partial charge in [0.1, 0.15) is 0 Å². The second kappa shape index (κ2) is 6.94. The summed E-state index contributed by atoms with van der Waals surface area (Å²) < 4.78 is 10.7. The minimum atomic E-state index is -0.423. The molecule has 21 heavy (non-hydrogen) atoms. The maximum absolute atomic E-state index is 11.9. The molecule has 7 heteroatoms. The number of likely N-dealkylation sites (tertiary alicyclic amines) is 1. The number of nitrogen functional groups attached to an aromatic ring is 1. The van der Waals surface area contributed by atoms with E-state index in [1.807, 2.05) is 5.43 Å². The number of hydrogen-bond acceptors (Lipinski definition) is 5. The van der Waals surface area contributed by atoms with Crippen LogP contribution in [-0.4, -0.2) is 43.5 Å². The number of methoxy groups -OCH3 is 1. The maximum Gasteiger partial charge on any atom is 0.265 e. The number of carbonyl (C=O) groups excluding carboxylic acids is 2. The third-order valence-corrected chi connectivity index (χ3v) is 3.37. The molecule has 1 heterocycles. The minimum Gasteiger partial charge on any atom is -0.493 e. The average Bonchev–Trinajstić information content (AvgIpc) is 3.06. The van der Waals surface area contributed by atoms with Gasteiger partial charge in [0.15, 0.2) is 18.1 Å². The molecule has 1 fully saturated rings. The van der Waals surface area contributed by atoms with E-state index in [0.29, 0.717) is 17.1 Å². The molecule has 7 nitrogen and oxygen atoms in total. The van der Waals surface area contributed by atoms with Crippen LogP contribution in [0.25, 0.3) is 0 Å². The zero-order valence-electron chi connectivity index (χ0n) is 11.9. The molecule has 0 unspecified atom stereocenters. The van der Waals surface area contributed by atoms with E-state index in [1.54, 1.807) is 17.0 Å². The SMILES string of the molecule is COc1cc(C(=O)NN)ccc1OCC(=O)N1CCCC1. The van der Waals surface area contributed by atoms with Crippen molar-refractivity contribution in [3.8, 4) is 11.5 Å². The number of nitrogens with two attached hydrogens (primary N) is 1. The highest BCUT2D eigenvalue weighted by Crippen LogP contribution is 2.28. The third-order valence-electron chi connectivity index (χ3n) is 3.37. The van der Waals surface area contributed by atoms with Crippen molar-refractivity contribution in [3.63, 3.8) is 0 Å². The first kappa shape index (κ1) is 15.1. The highest BCUT2D eigenvalue weighted by molar-refractivity contribution is 5.94. The van der Waals surface area contributed by atoms with Gasteiger partial charge in [-0.15, -0.1) is 0 Å². The van der Waals surface area contributed by atoms with Crippen molar-refractivity contribution >= 4 is 11.8 Å². The Bertz CT molecular complexity index is 527. The van der Waals surface area contributed by atoms with Crippen molar-refractivity contribution in [3.05, 3.63) is 23.8 Å². The first-order chi connectivity index (χ1) is 10.2. The Labute approximate surface area is 123 Å². The van der Waals surface area contributed by atoms with Gasteiger partial charge in [0, 0.05) is 18.7 Å².